The largest absolute Gasteiger partial charge is 0.464 e. The van der Waals surface area contributed by atoms with E-state index in [2.05, 4.69) is 0 Å². The molecule has 0 fully saturated rings. The molecule has 0 saturated carbocycles. The standard InChI is InChI=1S/C9H5ClO3/c10-9(11)8-6(3-5-13-8)7-2-1-4-12-7/h1-5H. The van der Waals surface area contributed by atoms with Crippen molar-refractivity contribution in [3.63, 3.8) is 0 Å². The molecular formula is C9H5ClO3. The van der Waals surface area contributed by atoms with Gasteiger partial charge in [-0.2, -0.15) is 0 Å². The van der Waals surface area contributed by atoms with Crippen LogP contribution in [0.3, 0.4) is 0 Å². The molecule has 0 amide bonds. The summed E-state index contributed by atoms with van der Waals surface area (Å²) >= 11 is 5.29. The lowest BCUT2D eigenvalue weighted by atomic mass is 10.2. The van der Waals surface area contributed by atoms with E-state index >= 15 is 0 Å². The van der Waals surface area contributed by atoms with Gasteiger partial charge in [0.15, 0.2) is 5.76 Å². The highest BCUT2D eigenvalue weighted by Gasteiger charge is 2.15. The van der Waals surface area contributed by atoms with Gasteiger partial charge in [0.2, 0.25) is 0 Å². The molecule has 3 nitrogen and oxygen atoms in total. The van der Waals surface area contributed by atoms with E-state index in [1.165, 1.54) is 12.5 Å². The minimum atomic E-state index is -0.628. The Hall–Kier alpha value is -1.48. The zero-order chi connectivity index (χ0) is 9.26. The number of furan rings is 2. The second-order valence-electron chi connectivity index (χ2n) is 2.41. The molecule has 0 bridgehead atoms. The average Bonchev–Trinajstić information content (AvgIpc) is 2.74. The highest BCUT2D eigenvalue weighted by atomic mass is 35.5. The van der Waals surface area contributed by atoms with E-state index in [1.54, 1.807) is 18.2 Å². The van der Waals surface area contributed by atoms with Crippen LogP contribution in [0, 0.1) is 0 Å². The quantitative estimate of drug-likeness (QED) is 0.694. The molecule has 0 saturated heterocycles. The van der Waals surface area contributed by atoms with Crippen LogP contribution in [0.15, 0.2) is 39.6 Å². The van der Waals surface area contributed by atoms with Crippen LogP contribution in [0.4, 0.5) is 0 Å². The van der Waals surface area contributed by atoms with Gasteiger partial charge in [0.05, 0.1) is 18.1 Å². The fourth-order valence-electron chi connectivity index (χ4n) is 1.09. The Morgan fingerprint density at radius 1 is 1.23 bits per heavy atom. The number of carbonyl (C=O) groups is 1. The molecule has 13 heavy (non-hydrogen) atoms. The summed E-state index contributed by atoms with van der Waals surface area (Å²) in [6.45, 7) is 0. The molecule has 2 aromatic rings. The van der Waals surface area contributed by atoms with Crippen LogP contribution in [-0.4, -0.2) is 5.24 Å². The fourth-order valence-corrected chi connectivity index (χ4v) is 1.23. The first-order valence-corrected chi connectivity index (χ1v) is 3.98. The molecule has 0 spiro atoms. The molecule has 0 N–H and O–H groups in total. The van der Waals surface area contributed by atoms with Crippen molar-refractivity contribution in [1.29, 1.82) is 0 Å². The summed E-state index contributed by atoms with van der Waals surface area (Å²) in [6, 6.07) is 5.09. The van der Waals surface area contributed by atoms with E-state index in [0.29, 0.717) is 11.3 Å². The first-order chi connectivity index (χ1) is 6.29. The summed E-state index contributed by atoms with van der Waals surface area (Å²) in [7, 11) is 0. The van der Waals surface area contributed by atoms with Gasteiger partial charge in [0.1, 0.15) is 5.76 Å². The van der Waals surface area contributed by atoms with Crippen molar-refractivity contribution in [3.8, 4) is 11.3 Å². The molecule has 0 aromatic carbocycles. The van der Waals surface area contributed by atoms with E-state index in [-0.39, 0.29) is 5.76 Å². The number of halogens is 1. The van der Waals surface area contributed by atoms with Gasteiger partial charge in [-0.15, -0.1) is 0 Å². The number of rotatable bonds is 2. The van der Waals surface area contributed by atoms with Crippen molar-refractivity contribution in [3.05, 3.63) is 36.5 Å². The predicted octanol–water partition coefficient (Wildman–Crippen LogP) is 2.92. The van der Waals surface area contributed by atoms with Crippen molar-refractivity contribution in [2.45, 2.75) is 0 Å². The lowest BCUT2D eigenvalue weighted by molar-refractivity contribution is 0.105. The van der Waals surface area contributed by atoms with Crippen LogP contribution in [0.25, 0.3) is 11.3 Å². The lowest BCUT2D eigenvalue weighted by Crippen LogP contribution is -1.87. The van der Waals surface area contributed by atoms with Crippen LogP contribution in [0.1, 0.15) is 10.6 Å². The maximum atomic E-state index is 10.9. The van der Waals surface area contributed by atoms with E-state index in [0.717, 1.165) is 0 Å². The van der Waals surface area contributed by atoms with Crippen LogP contribution >= 0.6 is 11.6 Å². The Morgan fingerprint density at radius 3 is 2.69 bits per heavy atom. The number of hydrogen-bond donors (Lipinski definition) is 0. The molecule has 2 rings (SSSR count). The van der Waals surface area contributed by atoms with Crippen molar-refractivity contribution >= 4 is 16.8 Å². The minimum absolute atomic E-state index is 0.108. The number of carbonyl (C=O) groups excluding carboxylic acids is 1. The van der Waals surface area contributed by atoms with Crippen molar-refractivity contribution < 1.29 is 13.6 Å². The summed E-state index contributed by atoms with van der Waals surface area (Å²) in [5.74, 6) is 0.675. The highest BCUT2D eigenvalue weighted by molar-refractivity contribution is 6.67. The second-order valence-corrected chi connectivity index (χ2v) is 2.76. The Labute approximate surface area is 78.9 Å². The second kappa shape index (κ2) is 3.11. The molecule has 0 aliphatic carbocycles. The molecule has 0 radical (unpaired) electrons. The van der Waals surface area contributed by atoms with E-state index < -0.39 is 5.24 Å². The molecular weight excluding hydrogens is 192 g/mol. The van der Waals surface area contributed by atoms with E-state index in [9.17, 15) is 4.79 Å². The third-order valence-corrected chi connectivity index (χ3v) is 1.80. The molecule has 0 aliphatic rings. The van der Waals surface area contributed by atoms with Gasteiger partial charge in [-0.05, 0) is 29.8 Å². The Kier molecular flexibility index (Phi) is 1.94. The molecule has 2 aromatic heterocycles. The van der Waals surface area contributed by atoms with Gasteiger partial charge in [-0.1, -0.05) is 0 Å². The van der Waals surface area contributed by atoms with Gasteiger partial charge >= 0.3 is 0 Å². The Balaban J connectivity index is 2.52. The Bertz CT molecular complexity index is 414. The molecule has 66 valence electrons. The van der Waals surface area contributed by atoms with Gasteiger partial charge in [0, 0.05) is 0 Å². The fraction of sp³-hybridized carbons (Fsp3) is 0. The minimum Gasteiger partial charge on any atom is -0.464 e. The van der Waals surface area contributed by atoms with Crippen molar-refractivity contribution in [1.82, 2.24) is 0 Å². The number of hydrogen-bond acceptors (Lipinski definition) is 3. The third-order valence-electron chi connectivity index (χ3n) is 1.63. The normalized spacial score (nSPS) is 10.2. The van der Waals surface area contributed by atoms with Crippen LogP contribution < -0.4 is 0 Å². The maximum Gasteiger partial charge on any atom is 0.288 e. The molecule has 0 atom stereocenters. The molecule has 4 heteroatoms. The monoisotopic (exact) mass is 196 g/mol. The van der Waals surface area contributed by atoms with Gasteiger partial charge in [-0.3, -0.25) is 4.79 Å². The summed E-state index contributed by atoms with van der Waals surface area (Å²) < 4.78 is 10.0. The average molecular weight is 197 g/mol. The summed E-state index contributed by atoms with van der Waals surface area (Å²) in [5.41, 5.74) is 0.574. The third kappa shape index (κ3) is 1.38. The summed E-state index contributed by atoms with van der Waals surface area (Å²) in [5, 5.41) is -0.628. The first-order valence-electron chi connectivity index (χ1n) is 3.60. The zero-order valence-corrected chi connectivity index (χ0v) is 7.25. The topological polar surface area (TPSA) is 43.4 Å². The highest BCUT2D eigenvalue weighted by Crippen LogP contribution is 2.26. The van der Waals surface area contributed by atoms with Gasteiger partial charge in [0.25, 0.3) is 5.24 Å². The van der Waals surface area contributed by atoms with Crippen LogP contribution in [0.5, 0.6) is 0 Å². The summed E-state index contributed by atoms with van der Waals surface area (Å²) in [4.78, 5) is 10.9. The smallest absolute Gasteiger partial charge is 0.288 e. The lowest BCUT2D eigenvalue weighted by Gasteiger charge is -1.92. The van der Waals surface area contributed by atoms with Crippen LogP contribution in [0.2, 0.25) is 0 Å². The van der Waals surface area contributed by atoms with Crippen molar-refractivity contribution in [2.24, 2.45) is 0 Å². The van der Waals surface area contributed by atoms with Gasteiger partial charge < -0.3 is 8.83 Å². The predicted molar refractivity (Wildman–Crippen MR) is 46.6 cm³/mol. The molecule has 0 aliphatic heterocycles. The maximum absolute atomic E-state index is 10.9. The zero-order valence-electron chi connectivity index (χ0n) is 6.49. The SMILES string of the molecule is O=C(Cl)c1occc1-c1ccco1. The van der Waals surface area contributed by atoms with E-state index in [1.807, 2.05) is 0 Å². The molecule has 0 unspecified atom stereocenters. The summed E-state index contributed by atoms with van der Waals surface area (Å²) in [6.07, 6.45) is 2.91. The van der Waals surface area contributed by atoms with Gasteiger partial charge in [-0.25, -0.2) is 0 Å². The first kappa shape index (κ1) is 8.13. The van der Waals surface area contributed by atoms with Crippen LogP contribution in [-0.2, 0) is 0 Å². The Morgan fingerprint density at radius 2 is 2.08 bits per heavy atom. The van der Waals surface area contributed by atoms with E-state index in [4.69, 9.17) is 20.4 Å². The molecule has 2 heterocycles. The van der Waals surface area contributed by atoms with Crippen molar-refractivity contribution in [2.75, 3.05) is 0 Å².